The third-order valence-corrected chi connectivity index (χ3v) is 2.34. The minimum Gasteiger partial charge on any atom is -0.392 e. The molecule has 1 fully saturated rings. The number of carbonyl (C=O) groups is 1. The summed E-state index contributed by atoms with van der Waals surface area (Å²) in [5.74, 6) is -0.0446. The zero-order valence-electron chi connectivity index (χ0n) is 8.23. The van der Waals surface area contributed by atoms with Crippen LogP contribution in [0.3, 0.4) is 0 Å². The van der Waals surface area contributed by atoms with E-state index in [1.165, 1.54) is 4.90 Å². The Balaban J connectivity index is 2.37. The van der Waals surface area contributed by atoms with E-state index in [9.17, 15) is 9.90 Å². The van der Waals surface area contributed by atoms with Crippen molar-refractivity contribution in [3.8, 4) is 6.07 Å². The zero-order chi connectivity index (χ0) is 10.6. The van der Waals surface area contributed by atoms with Gasteiger partial charge in [-0.05, 0) is 6.42 Å². The first-order valence-corrected chi connectivity index (χ1v) is 4.68. The molecule has 5 nitrogen and oxygen atoms in total. The predicted molar refractivity (Wildman–Crippen MR) is 50.3 cm³/mol. The molecule has 1 rings (SSSR count). The largest absolute Gasteiger partial charge is 0.392 e. The molecule has 0 spiro atoms. The van der Waals surface area contributed by atoms with E-state index < -0.39 is 6.10 Å². The Morgan fingerprint density at radius 3 is 3.00 bits per heavy atom. The third kappa shape index (κ3) is 2.69. The summed E-state index contributed by atoms with van der Waals surface area (Å²) in [5.41, 5.74) is 0. The van der Waals surface area contributed by atoms with Crippen molar-refractivity contribution < 1.29 is 9.90 Å². The molecule has 14 heavy (non-hydrogen) atoms. The molecule has 2 N–H and O–H groups in total. The molecule has 0 aliphatic carbocycles. The Labute approximate surface area is 83.3 Å². The molecule has 5 heteroatoms. The zero-order valence-corrected chi connectivity index (χ0v) is 8.23. The molecule has 0 radical (unpaired) electrons. The number of carbonyl (C=O) groups excluding carboxylic acids is 1. The van der Waals surface area contributed by atoms with Crippen LogP contribution in [0.5, 0.6) is 0 Å². The van der Waals surface area contributed by atoms with E-state index >= 15 is 0 Å². The quantitative estimate of drug-likeness (QED) is 0.613. The smallest absolute Gasteiger partial charge is 0.239 e. The van der Waals surface area contributed by atoms with Crippen LogP contribution in [0.2, 0.25) is 0 Å². The van der Waals surface area contributed by atoms with Crippen molar-refractivity contribution in [2.45, 2.75) is 25.0 Å². The molecule has 0 aromatic carbocycles. The lowest BCUT2D eigenvalue weighted by atomic mass is 10.2. The van der Waals surface area contributed by atoms with Crippen LogP contribution in [0.25, 0.3) is 0 Å². The number of nitrogens with one attached hydrogen (secondary N) is 1. The van der Waals surface area contributed by atoms with Gasteiger partial charge in [0.15, 0.2) is 0 Å². The second-order valence-electron chi connectivity index (χ2n) is 3.52. The summed E-state index contributed by atoms with van der Waals surface area (Å²) in [4.78, 5) is 13.2. The normalized spacial score (nSPS) is 25.8. The topological polar surface area (TPSA) is 76.4 Å². The monoisotopic (exact) mass is 197 g/mol. The molecule has 1 aliphatic rings. The van der Waals surface area contributed by atoms with Crippen LogP contribution in [0.15, 0.2) is 0 Å². The highest BCUT2D eigenvalue weighted by Gasteiger charge is 2.29. The van der Waals surface area contributed by atoms with Crippen molar-refractivity contribution in [3.05, 3.63) is 0 Å². The summed E-state index contributed by atoms with van der Waals surface area (Å²) in [7, 11) is 1.67. The van der Waals surface area contributed by atoms with Gasteiger partial charge in [-0.25, -0.2) is 0 Å². The van der Waals surface area contributed by atoms with Gasteiger partial charge in [-0.15, -0.1) is 0 Å². The molecule has 1 heterocycles. The van der Waals surface area contributed by atoms with Crippen LogP contribution in [0, 0.1) is 11.3 Å². The van der Waals surface area contributed by atoms with Crippen molar-refractivity contribution in [3.63, 3.8) is 0 Å². The first-order valence-electron chi connectivity index (χ1n) is 4.68. The standard InChI is InChI=1S/C9H15N3O2/c1-12(4-2-3-10)9(14)8-5-7(13)6-11-8/h7-8,11,13H,2,4-6H2,1H3. The number of likely N-dealkylation sites (N-methyl/N-ethyl adjacent to an activating group) is 1. The highest BCUT2D eigenvalue weighted by molar-refractivity contribution is 5.82. The van der Waals surface area contributed by atoms with Crippen LogP contribution in [-0.2, 0) is 4.79 Å². The number of β-amino-alcohol motifs (C(OH)–C–C–N with tert-alkyl or cyclic N) is 1. The minimum absolute atomic E-state index is 0.0446. The molecule has 78 valence electrons. The summed E-state index contributed by atoms with van der Waals surface area (Å²) in [6.07, 6.45) is 0.390. The van der Waals surface area contributed by atoms with Gasteiger partial charge in [0.25, 0.3) is 0 Å². The Hall–Kier alpha value is -1.12. The number of nitrogens with zero attached hydrogens (tertiary/aromatic N) is 2. The molecule has 0 aromatic rings. The number of aliphatic hydroxyl groups is 1. The fraction of sp³-hybridized carbons (Fsp3) is 0.778. The predicted octanol–water partition coefficient (Wildman–Crippen LogP) is -0.919. The van der Waals surface area contributed by atoms with E-state index in [4.69, 9.17) is 5.26 Å². The Morgan fingerprint density at radius 2 is 2.50 bits per heavy atom. The van der Waals surface area contributed by atoms with Gasteiger partial charge in [-0.3, -0.25) is 4.79 Å². The first-order chi connectivity index (χ1) is 6.65. The lowest BCUT2D eigenvalue weighted by Gasteiger charge is -2.19. The number of amides is 1. The molecule has 2 unspecified atom stereocenters. The number of hydrogen-bond acceptors (Lipinski definition) is 4. The lowest BCUT2D eigenvalue weighted by Crippen LogP contribution is -2.41. The van der Waals surface area contributed by atoms with Crippen LogP contribution < -0.4 is 5.32 Å². The van der Waals surface area contributed by atoms with Crippen molar-refractivity contribution in [1.82, 2.24) is 10.2 Å². The van der Waals surface area contributed by atoms with Gasteiger partial charge in [0.2, 0.25) is 5.91 Å². The summed E-state index contributed by atoms with van der Waals surface area (Å²) in [5, 5.41) is 20.5. The molecule has 2 atom stereocenters. The Morgan fingerprint density at radius 1 is 1.79 bits per heavy atom. The molecule has 0 saturated carbocycles. The van der Waals surface area contributed by atoms with Gasteiger partial charge in [-0.1, -0.05) is 0 Å². The van der Waals surface area contributed by atoms with Crippen LogP contribution in [0.1, 0.15) is 12.8 Å². The van der Waals surface area contributed by atoms with Gasteiger partial charge >= 0.3 is 0 Å². The maximum atomic E-state index is 11.6. The molecular formula is C9H15N3O2. The number of hydrogen-bond donors (Lipinski definition) is 2. The molecule has 1 saturated heterocycles. The van der Waals surface area contributed by atoms with Gasteiger partial charge in [0.1, 0.15) is 0 Å². The van der Waals surface area contributed by atoms with Crippen molar-refractivity contribution in [2.24, 2.45) is 0 Å². The van der Waals surface area contributed by atoms with Crippen LogP contribution in [0.4, 0.5) is 0 Å². The van der Waals surface area contributed by atoms with E-state index in [0.717, 1.165) is 0 Å². The van der Waals surface area contributed by atoms with Gasteiger partial charge in [0, 0.05) is 20.1 Å². The van der Waals surface area contributed by atoms with Crippen LogP contribution in [-0.4, -0.2) is 48.2 Å². The Kier molecular flexibility index (Phi) is 3.86. The second-order valence-corrected chi connectivity index (χ2v) is 3.52. The summed E-state index contributed by atoms with van der Waals surface area (Å²) < 4.78 is 0. The average Bonchev–Trinajstić information content (AvgIpc) is 2.60. The molecule has 1 amide bonds. The van der Waals surface area contributed by atoms with Crippen molar-refractivity contribution >= 4 is 5.91 Å². The lowest BCUT2D eigenvalue weighted by molar-refractivity contribution is -0.131. The average molecular weight is 197 g/mol. The third-order valence-electron chi connectivity index (χ3n) is 2.34. The second kappa shape index (κ2) is 4.94. The number of nitriles is 1. The SMILES string of the molecule is CN(CCC#N)C(=O)C1CC(O)CN1. The molecule has 0 bridgehead atoms. The fourth-order valence-electron chi connectivity index (χ4n) is 1.50. The van der Waals surface area contributed by atoms with Crippen LogP contribution >= 0.6 is 0 Å². The van der Waals surface area contributed by atoms with E-state index in [0.29, 0.717) is 25.9 Å². The van der Waals surface area contributed by atoms with E-state index in [1.807, 2.05) is 6.07 Å². The Bertz CT molecular complexity index is 249. The first kappa shape index (κ1) is 11.0. The molecule has 1 aliphatic heterocycles. The highest BCUT2D eigenvalue weighted by atomic mass is 16.3. The molecule has 0 aromatic heterocycles. The summed E-state index contributed by atoms with van der Waals surface area (Å²) in [6.45, 7) is 0.923. The van der Waals surface area contributed by atoms with Crippen molar-refractivity contribution in [1.29, 1.82) is 5.26 Å². The van der Waals surface area contributed by atoms with Gasteiger partial charge in [0.05, 0.1) is 24.6 Å². The van der Waals surface area contributed by atoms with E-state index in [1.54, 1.807) is 7.05 Å². The number of rotatable bonds is 3. The highest BCUT2D eigenvalue weighted by Crippen LogP contribution is 2.08. The fourth-order valence-corrected chi connectivity index (χ4v) is 1.50. The van der Waals surface area contributed by atoms with Gasteiger partial charge in [-0.2, -0.15) is 5.26 Å². The van der Waals surface area contributed by atoms with Crippen molar-refractivity contribution in [2.75, 3.05) is 20.1 Å². The minimum atomic E-state index is -0.423. The summed E-state index contributed by atoms with van der Waals surface area (Å²) in [6, 6.07) is 1.71. The maximum Gasteiger partial charge on any atom is 0.239 e. The van der Waals surface area contributed by atoms with Gasteiger partial charge < -0.3 is 15.3 Å². The van der Waals surface area contributed by atoms with E-state index in [-0.39, 0.29) is 11.9 Å². The number of aliphatic hydroxyl groups excluding tert-OH is 1. The maximum absolute atomic E-state index is 11.6. The summed E-state index contributed by atoms with van der Waals surface area (Å²) >= 11 is 0. The van der Waals surface area contributed by atoms with E-state index in [2.05, 4.69) is 5.32 Å². The molecular weight excluding hydrogens is 182 g/mol.